The van der Waals surface area contributed by atoms with Crippen LogP contribution >= 0.6 is 0 Å². The third-order valence-corrected chi connectivity index (χ3v) is 4.67. The lowest BCUT2D eigenvalue weighted by molar-refractivity contribution is 0.220. The monoisotopic (exact) mass is 320 g/mol. The lowest BCUT2D eigenvalue weighted by Gasteiger charge is -2.29. The zero-order valence-electron chi connectivity index (χ0n) is 14.7. The third-order valence-electron chi connectivity index (χ3n) is 4.67. The fourth-order valence-electron chi connectivity index (χ4n) is 2.87. The zero-order valence-corrected chi connectivity index (χ0v) is 14.7. The second-order valence-corrected chi connectivity index (χ2v) is 6.57. The van der Waals surface area contributed by atoms with Crippen LogP contribution < -0.4 is 10.6 Å². The van der Waals surface area contributed by atoms with Gasteiger partial charge in [0.05, 0.1) is 6.04 Å². The summed E-state index contributed by atoms with van der Waals surface area (Å²) < 4.78 is 13.7. The largest absolute Gasteiger partial charge is 0.356 e. The minimum atomic E-state index is -0.162. The van der Waals surface area contributed by atoms with Gasteiger partial charge in [0.2, 0.25) is 0 Å². The van der Waals surface area contributed by atoms with Crippen LogP contribution in [-0.2, 0) is 0 Å². The van der Waals surface area contributed by atoms with Crippen molar-refractivity contribution < 1.29 is 4.39 Å². The number of aliphatic imine (C=N–C) groups is 1. The summed E-state index contributed by atoms with van der Waals surface area (Å²) in [5.74, 6) is 1.31. The van der Waals surface area contributed by atoms with Crippen LogP contribution in [0.25, 0.3) is 0 Å². The van der Waals surface area contributed by atoms with Crippen LogP contribution in [0.3, 0.4) is 0 Å². The van der Waals surface area contributed by atoms with E-state index in [1.807, 2.05) is 19.1 Å². The van der Waals surface area contributed by atoms with E-state index in [0.717, 1.165) is 31.2 Å². The fraction of sp³-hybridized carbons (Fsp3) is 0.611. The van der Waals surface area contributed by atoms with Gasteiger partial charge in [0.1, 0.15) is 5.82 Å². The number of benzene rings is 1. The first kappa shape index (κ1) is 17.7. The molecular formula is C18H29FN4. The lowest BCUT2D eigenvalue weighted by Crippen LogP contribution is -2.43. The SMILES string of the molecule is CN=C(NCC1CCN(C)CC1)NC(C)c1ccc(C)c(F)c1. The van der Waals surface area contributed by atoms with E-state index in [1.54, 1.807) is 20.0 Å². The molecule has 1 heterocycles. The molecule has 1 aliphatic heterocycles. The third kappa shape index (κ3) is 5.20. The van der Waals surface area contributed by atoms with Gasteiger partial charge in [0.15, 0.2) is 5.96 Å². The zero-order chi connectivity index (χ0) is 16.8. The molecular weight excluding hydrogens is 291 g/mol. The van der Waals surface area contributed by atoms with Crippen molar-refractivity contribution in [2.45, 2.75) is 32.7 Å². The van der Waals surface area contributed by atoms with E-state index in [-0.39, 0.29) is 11.9 Å². The summed E-state index contributed by atoms with van der Waals surface area (Å²) in [6.45, 7) is 7.06. The van der Waals surface area contributed by atoms with Gasteiger partial charge < -0.3 is 15.5 Å². The summed E-state index contributed by atoms with van der Waals surface area (Å²) in [5.41, 5.74) is 1.60. The number of piperidine rings is 1. The van der Waals surface area contributed by atoms with Crippen molar-refractivity contribution in [2.75, 3.05) is 33.7 Å². The molecule has 0 bridgehead atoms. The molecule has 1 atom stereocenters. The van der Waals surface area contributed by atoms with Gasteiger partial charge in [-0.25, -0.2) is 4.39 Å². The van der Waals surface area contributed by atoms with Crippen LogP contribution in [0.4, 0.5) is 4.39 Å². The minimum Gasteiger partial charge on any atom is -0.356 e. The van der Waals surface area contributed by atoms with Crippen LogP contribution in [0, 0.1) is 18.7 Å². The number of aryl methyl sites for hydroxylation is 1. The summed E-state index contributed by atoms with van der Waals surface area (Å²) in [4.78, 5) is 6.66. The van der Waals surface area contributed by atoms with Crippen molar-refractivity contribution in [2.24, 2.45) is 10.9 Å². The smallest absolute Gasteiger partial charge is 0.191 e. The Morgan fingerprint density at radius 3 is 2.70 bits per heavy atom. The van der Waals surface area contributed by atoms with Gasteiger partial charge in [-0.2, -0.15) is 0 Å². The highest BCUT2D eigenvalue weighted by atomic mass is 19.1. The molecule has 5 heteroatoms. The molecule has 0 spiro atoms. The highest BCUT2D eigenvalue weighted by Gasteiger charge is 2.17. The summed E-state index contributed by atoms with van der Waals surface area (Å²) in [7, 11) is 3.94. The van der Waals surface area contributed by atoms with Crippen LogP contribution in [-0.4, -0.2) is 44.6 Å². The van der Waals surface area contributed by atoms with Crippen molar-refractivity contribution >= 4 is 5.96 Å². The van der Waals surface area contributed by atoms with E-state index in [0.29, 0.717) is 11.5 Å². The molecule has 1 saturated heterocycles. The van der Waals surface area contributed by atoms with E-state index in [2.05, 4.69) is 27.6 Å². The molecule has 0 saturated carbocycles. The summed E-state index contributed by atoms with van der Waals surface area (Å²) >= 11 is 0. The average molecular weight is 320 g/mol. The van der Waals surface area contributed by atoms with Crippen molar-refractivity contribution in [1.29, 1.82) is 0 Å². The Bertz CT molecular complexity index is 536. The number of nitrogens with zero attached hydrogens (tertiary/aromatic N) is 2. The first-order valence-electron chi connectivity index (χ1n) is 8.41. The molecule has 0 aromatic heterocycles. The van der Waals surface area contributed by atoms with Crippen LogP contribution in [0.15, 0.2) is 23.2 Å². The van der Waals surface area contributed by atoms with E-state index in [4.69, 9.17) is 0 Å². The topological polar surface area (TPSA) is 39.7 Å². The van der Waals surface area contributed by atoms with Gasteiger partial charge in [0, 0.05) is 13.6 Å². The predicted molar refractivity (Wildman–Crippen MR) is 94.3 cm³/mol. The summed E-state index contributed by atoms with van der Waals surface area (Å²) in [6.07, 6.45) is 2.44. The van der Waals surface area contributed by atoms with Crippen LogP contribution in [0.2, 0.25) is 0 Å². The maximum Gasteiger partial charge on any atom is 0.191 e. The summed E-state index contributed by atoms with van der Waals surface area (Å²) in [5, 5.41) is 6.75. The first-order chi connectivity index (χ1) is 11.0. The molecule has 128 valence electrons. The molecule has 4 nitrogen and oxygen atoms in total. The summed E-state index contributed by atoms with van der Waals surface area (Å²) in [6, 6.07) is 5.38. The van der Waals surface area contributed by atoms with Crippen LogP contribution in [0.5, 0.6) is 0 Å². The standard InChI is InChI=1S/C18H29FN4/c1-13-5-6-16(11-17(13)19)14(2)22-18(20-3)21-12-15-7-9-23(4)10-8-15/h5-6,11,14-15H,7-10,12H2,1-4H3,(H2,20,21,22). The molecule has 0 aliphatic carbocycles. The molecule has 1 unspecified atom stereocenters. The van der Waals surface area contributed by atoms with Crippen molar-refractivity contribution in [3.8, 4) is 0 Å². The molecule has 1 aromatic rings. The van der Waals surface area contributed by atoms with Gasteiger partial charge in [-0.3, -0.25) is 4.99 Å². The maximum absolute atomic E-state index is 13.7. The van der Waals surface area contributed by atoms with Gasteiger partial charge in [-0.15, -0.1) is 0 Å². The predicted octanol–water partition coefficient (Wildman–Crippen LogP) is 2.70. The number of rotatable bonds is 4. The van der Waals surface area contributed by atoms with Crippen molar-refractivity contribution in [1.82, 2.24) is 15.5 Å². The Morgan fingerprint density at radius 1 is 1.39 bits per heavy atom. The molecule has 1 fully saturated rings. The van der Waals surface area contributed by atoms with Crippen LogP contribution in [0.1, 0.15) is 36.9 Å². The van der Waals surface area contributed by atoms with Crippen molar-refractivity contribution in [3.05, 3.63) is 35.1 Å². The molecule has 2 rings (SSSR count). The van der Waals surface area contributed by atoms with E-state index < -0.39 is 0 Å². The second-order valence-electron chi connectivity index (χ2n) is 6.57. The number of hydrogen-bond acceptors (Lipinski definition) is 2. The Kier molecular flexibility index (Phi) is 6.39. The number of nitrogens with one attached hydrogen (secondary N) is 2. The first-order valence-corrected chi connectivity index (χ1v) is 8.41. The van der Waals surface area contributed by atoms with E-state index in [1.165, 1.54) is 12.8 Å². The van der Waals surface area contributed by atoms with Gasteiger partial charge in [0.25, 0.3) is 0 Å². The normalized spacial score (nSPS) is 18.7. The van der Waals surface area contributed by atoms with Crippen molar-refractivity contribution in [3.63, 3.8) is 0 Å². The molecule has 0 radical (unpaired) electrons. The highest BCUT2D eigenvalue weighted by molar-refractivity contribution is 5.80. The Labute approximate surface area is 139 Å². The molecule has 1 aliphatic rings. The minimum absolute atomic E-state index is 0.00814. The van der Waals surface area contributed by atoms with E-state index in [9.17, 15) is 4.39 Å². The van der Waals surface area contributed by atoms with E-state index >= 15 is 0 Å². The van der Waals surface area contributed by atoms with Gasteiger partial charge >= 0.3 is 0 Å². The molecule has 0 amide bonds. The Hall–Kier alpha value is -1.62. The fourth-order valence-corrected chi connectivity index (χ4v) is 2.87. The average Bonchev–Trinajstić information content (AvgIpc) is 2.55. The Balaban J connectivity index is 1.85. The molecule has 2 N–H and O–H groups in total. The second kappa shape index (κ2) is 8.29. The molecule has 23 heavy (non-hydrogen) atoms. The quantitative estimate of drug-likeness (QED) is 0.662. The highest BCUT2D eigenvalue weighted by Crippen LogP contribution is 2.17. The van der Waals surface area contributed by atoms with Gasteiger partial charge in [-0.1, -0.05) is 12.1 Å². The maximum atomic E-state index is 13.7. The molecule has 1 aromatic carbocycles. The lowest BCUT2D eigenvalue weighted by atomic mass is 9.97. The van der Waals surface area contributed by atoms with Gasteiger partial charge in [-0.05, 0) is 69.9 Å². The number of hydrogen-bond donors (Lipinski definition) is 2. The number of likely N-dealkylation sites (tertiary alicyclic amines) is 1. The Morgan fingerprint density at radius 2 is 2.09 bits per heavy atom. The number of halogens is 1. The number of guanidine groups is 1.